The molecule has 1 fully saturated rings. The molecule has 3 heterocycles. The summed E-state index contributed by atoms with van der Waals surface area (Å²) in [6.45, 7) is 4.07. The number of likely N-dealkylation sites (N-methyl/N-ethyl adjacent to an activating group) is 1. The fraction of sp³-hybridized carbons (Fsp3) is 0.318. The van der Waals surface area contributed by atoms with E-state index in [9.17, 15) is 4.79 Å². The molecule has 0 bridgehead atoms. The van der Waals surface area contributed by atoms with Crippen LogP contribution in [-0.2, 0) is 16.1 Å². The van der Waals surface area contributed by atoms with E-state index in [4.69, 9.17) is 4.74 Å². The molecule has 2 aliphatic heterocycles. The second-order valence-electron chi connectivity index (χ2n) is 7.33. The van der Waals surface area contributed by atoms with Gasteiger partial charge in [-0.3, -0.25) is 4.79 Å². The molecule has 2 aliphatic rings. The lowest BCUT2D eigenvalue weighted by molar-refractivity contribution is -0.131. The van der Waals surface area contributed by atoms with E-state index in [1.807, 2.05) is 11.9 Å². The van der Waals surface area contributed by atoms with Gasteiger partial charge in [-0.25, -0.2) is 0 Å². The highest BCUT2D eigenvalue weighted by atomic mass is 32.1. The number of hydrogen-bond donors (Lipinski definition) is 0. The van der Waals surface area contributed by atoms with Gasteiger partial charge in [0.25, 0.3) is 0 Å². The Kier molecular flexibility index (Phi) is 4.14. The molecule has 5 rings (SSSR count). The first-order chi connectivity index (χ1) is 13.2. The van der Waals surface area contributed by atoms with Crippen LogP contribution in [0.15, 0.2) is 47.8 Å². The van der Waals surface area contributed by atoms with Gasteiger partial charge in [0.1, 0.15) is 0 Å². The number of carbonyl (C=O) groups is 1. The first-order valence-corrected chi connectivity index (χ1v) is 10.3. The molecule has 4 nitrogen and oxygen atoms in total. The van der Waals surface area contributed by atoms with Crippen LogP contribution in [0.1, 0.15) is 22.6 Å². The molecular weight excluding hydrogens is 356 g/mol. The fourth-order valence-electron chi connectivity index (χ4n) is 4.20. The lowest BCUT2D eigenvalue weighted by Crippen LogP contribution is -2.38. The van der Waals surface area contributed by atoms with Gasteiger partial charge in [-0.15, -0.1) is 11.3 Å². The molecule has 27 heavy (non-hydrogen) atoms. The van der Waals surface area contributed by atoms with Gasteiger partial charge in [0, 0.05) is 37.1 Å². The first-order valence-electron chi connectivity index (χ1n) is 9.38. The number of thiophene rings is 1. The Morgan fingerprint density at radius 2 is 1.93 bits per heavy atom. The molecule has 1 atom stereocenters. The van der Waals surface area contributed by atoms with Crippen LogP contribution in [0.5, 0.6) is 0 Å². The summed E-state index contributed by atoms with van der Waals surface area (Å²) in [5.41, 5.74) is 4.70. The number of fused-ring (bicyclic) bond motifs is 2. The zero-order chi connectivity index (χ0) is 18.4. The summed E-state index contributed by atoms with van der Waals surface area (Å²) in [4.78, 5) is 17.3. The molecule has 0 aliphatic carbocycles. The Hall–Kier alpha value is -2.37. The highest BCUT2D eigenvalue weighted by molar-refractivity contribution is 7.17. The number of rotatable bonds is 2. The van der Waals surface area contributed by atoms with Crippen molar-refractivity contribution in [3.8, 4) is 0 Å². The predicted octanol–water partition coefficient (Wildman–Crippen LogP) is 3.84. The van der Waals surface area contributed by atoms with Crippen LogP contribution in [0.3, 0.4) is 0 Å². The molecule has 138 valence electrons. The molecule has 1 unspecified atom stereocenters. The van der Waals surface area contributed by atoms with Crippen LogP contribution in [0.2, 0.25) is 0 Å². The van der Waals surface area contributed by atoms with Crippen molar-refractivity contribution in [1.29, 1.82) is 0 Å². The third-order valence-electron chi connectivity index (χ3n) is 5.65. The molecule has 2 aromatic carbocycles. The maximum Gasteiger partial charge on any atom is 0.234 e. The maximum absolute atomic E-state index is 13.1. The predicted molar refractivity (Wildman–Crippen MR) is 110 cm³/mol. The van der Waals surface area contributed by atoms with Crippen molar-refractivity contribution in [1.82, 2.24) is 4.90 Å². The van der Waals surface area contributed by atoms with E-state index in [1.54, 1.807) is 11.3 Å². The number of morpholine rings is 1. The van der Waals surface area contributed by atoms with Gasteiger partial charge >= 0.3 is 0 Å². The van der Waals surface area contributed by atoms with Gasteiger partial charge < -0.3 is 14.5 Å². The SMILES string of the molecule is CN1Cc2cc(N3CCOCC3)ccc2C(c2ccc3sccc3c2)C1=O. The lowest BCUT2D eigenvalue weighted by Gasteiger charge is -2.34. The van der Waals surface area contributed by atoms with Gasteiger partial charge in [-0.1, -0.05) is 12.1 Å². The summed E-state index contributed by atoms with van der Waals surface area (Å²) in [5, 5.41) is 3.32. The Labute approximate surface area is 163 Å². The Morgan fingerprint density at radius 3 is 2.78 bits per heavy atom. The van der Waals surface area contributed by atoms with E-state index in [-0.39, 0.29) is 11.8 Å². The van der Waals surface area contributed by atoms with E-state index < -0.39 is 0 Å². The van der Waals surface area contributed by atoms with Crippen molar-refractivity contribution in [2.75, 3.05) is 38.3 Å². The number of nitrogens with zero attached hydrogens (tertiary/aromatic N) is 2. The molecule has 0 radical (unpaired) electrons. The van der Waals surface area contributed by atoms with Crippen LogP contribution in [0.4, 0.5) is 5.69 Å². The largest absolute Gasteiger partial charge is 0.378 e. The van der Waals surface area contributed by atoms with Crippen molar-refractivity contribution in [3.05, 3.63) is 64.5 Å². The second kappa shape index (κ2) is 6.66. The van der Waals surface area contributed by atoms with E-state index in [0.717, 1.165) is 37.4 Å². The van der Waals surface area contributed by atoms with Crippen molar-refractivity contribution >= 4 is 33.0 Å². The summed E-state index contributed by atoms with van der Waals surface area (Å²) in [7, 11) is 1.91. The lowest BCUT2D eigenvalue weighted by atomic mass is 9.83. The number of anilines is 1. The minimum Gasteiger partial charge on any atom is -0.378 e. The molecular formula is C22H22N2O2S. The van der Waals surface area contributed by atoms with Crippen molar-refractivity contribution < 1.29 is 9.53 Å². The summed E-state index contributed by atoms with van der Waals surface area (Å²) in [6, 6.07) is 15.1. The average molecular weight is 378 g/mol. The molecule has 1 aromatic heterocycles. The number of carbonyl (C=O) groups excluding carboxylic acids is 1. The number of hydrogen-bond acceptors (Lipinski definition) is 4. The van der Waals surface area contributed by atoms with Crippen LogP contribution in [0, 0.1) is 0 Å². The van der Waals surface area contributed by atoms with E-state index >= 15 is 0 Å². The summed E-state index contributed by atoms with van der Waals surface area (Å²) in [6.07, 6.45) is 0. The summed E-state index contributed by atoms with van der Waals surface area (Å²) < 4.78 is 6.74. The van der Waals surface area contributed by atoms with Crippen LogP contribution in [0.25, 0.3) is 10.1 Å². The van der Waals surface area contributed by atoms with Gasteiger partial charge in [0.15, 0.2) is 0 Å². The third kappa shape index (κ3) is 2.91. The standard InChI is InChI=1S/C22H22N2O2S/c1-23-14-17-13-18(24-7-9-26-10-8-24)3-4-19(17)21(22(23)25)16-2-5-20-15(12-16)6-11-27-20/h2-6,11-13,21H,7-10,14H2,1H3. The fourth-order valence-corrected chi connectivity index (χ4v) is 4.97. The molecule has 3 aromatic rings. The van der Waals surface area contributed by atoms with E-state index in [0.29, 0.717) is 6.54 Å². The van der Waals surface area contributed by atoms with E-state index in [1.165, 1.54) is 21.3 Å². The van der Waals surface area contributed by atoms with Crippen LogP contribution >= 0.6 is 11.3 Å². The topological polar surface area (TPSA) is 32.8 Å². The van der Waals surface area contributed by atoms with Crippen LogP contribution < -0.4 is 4.90 Å². The molecule has 5 heteroatoms. The van der Waals surface area contributed by atoms with Gasteiger partial charge in [0.2, 0.25) is 5.91 Å². The Bertz CT molecular complexity index is 1010. The van der Waals surface area contributed by atoms with Crippen LogP contribution in [-0.4, -0.2) is 44.2 Å². The molecule has 0 saturated carbocycles. The number of benzene rings is 2. The molecule has 1 amide bonds. The number of amides is 1. The van der Waals surface area contributed by atoms with Crippen molar-refractivity contribution in [2.45, 2.75) is 12.5 Å². The Balaban J connectivity index is 1.57. The quantitative estimate of drug-likeness (QED) is 0.679. The minimum atomic E-state index is -0.221. The highest BCUT2D eigenvalue weighted by Gasteiger charge is 2.33. The third-order valence-corrected chi connectivity index (χ3v) is 6.55. The number of ether oxygens (including phenoxy) is 1. The average Bonchev–Trinajstić information content (AvgIpc) is 3.17. The van der Waals surface area contributed by atoms with Gasteiger partial charge in [-0.05, 0) is 57.8 Å². The smallest absolute Gasteiger partial charge is 0.234 e. The van der Waals surface area contributed by atoms with Gasteiger partial charge in [0.05, 0.1) is 19.1 Å². The zero-order valence-electron chi connectivity index (χ0n) is 15.4. The molecule has 1 saturated heterocycles. The second-order valence-corrected chi connectivity index (χ2v) is 8.28. The van der Waals surface area contributed by atoms with E-state index in [2.05, 4.69) is 52.7 Å². The molecule has 0 spiro atoms. The van der Waals surface area contributed by atoms with Gasteiger partial charge in [-0.2, -0.15) is 0 Å². The van der Waals surface area contributed by atoms with Crippen molar-refractivity contribution in [3.63, 3.8) is 0 Å². The highest BCUT2D eigenvalue weighted by Crippen LogP contribution is 2.37. The van der Waals surface area contributed by atoms with Crippen molar-refractivity contribution in [2.24, 2.45) is 0 Å². The maximum atomic E-state index is 13.1. The first kappa shape index (κ1) is 16.8. The summed E-state index contributed by atoms with van der Waals surface area (Å²) in [5.74, 6) is -0.0435. The Morgan fingerprint density at radius 1 is 1.07 bits per heavy atom. The minimum absolute atomic E-state index is 0.177. The normalized spacial score (nSPS) is 20.2. The molecule has 0 N–H and O–H groups in total. The monoisotopic (exact) mass is 378 g/mol. The summed E-state index contributed by atoms with van der Waals surface area (Å²) >= 11 is 1.74. The zero-order valence-corrected chi connectivity index (χ0v) is 16.2.